The largest absolute Gasteiger partial charge is 0.480 e. The van der Waals surface area contributed by atoms with Crippen molar-refractivity contribution in [3.63, 3.8) is 0 Å². The average Bonchev–Trinajstić information content (AvgIpc) is 3.02. The lowest BCUT2D eigenvalue weighted by Crippen LogP contribution is -2.15. The molecule has 0 bridgehead atoms. The van der Waals surface area contributed by atoms with Crippen molar-refractivity contribution in [3.05, 3.63) is 63.1 Å². The molecule has 0 saturated heterocycles. The van der Waals surface area contributed by atoms with E-state index >= 15 is 0 Å². The molecule has 24 heavy (non-hydrogen) atoms. The van der Waals surface area contributed by atoms with E-state index in [9.17, 15) is 18.4 Å². The quantitative estimate of drug-likeness (QED) is 0.699. The minimum atomic E-state index is -1.05. The molecule has 0 saturated carbocycles. The SMILES string of the molecule is O=C(O)Cn1c(SCc2cccc(F)c2F)cc(=O)c2ccsc21. The van der Waals surface area contributed by atoms with Crippen molar-refractivity contribution in [2.24, 2.45) is 0 Å². The number of carbonyl (C=O) groups is 1. The fourth-order valence-corrected chi connectivity index (χ4v) is 4.29. The summed E-state index contributed by atoms with van der Waals surface area (Å²) < 4.78 is 28.5. The molecule has 124 valence electrons. The molecule has 1 N–H and O–H groups in total. The zero-order valence-electron chi connectivity index (χ0n) is 12.2. The zero-order valence-corrected chi connectivity index (χ0v) is 13.8. The molecular weight excluding hydrogens is 356 g/mol. The van der Waals surface area contributed by atoms with Crippen molar-refractivity contribution in [3.8, 4) is 0 Å². The van der Waals surface area contributed by atoms with Gasteiger partial charge in [0, 0.05) is 17.4 Å². The van der Waals surface area contributed by atoms with Gasteiger partial charge in [0.15, 0.2) is 17.1 Å². The molecule has 0 unspecified atom stereocenters. The molecule has 4 nitrogen and oxygen atoms in total. The molecule has 8 heteroatoms. The zero-order chi connectivity index (χ0) is 17.3. The van der Waals surface area contributed by atoms with Crippen LogP contribution in [-0.4, -0.2) is 15.6 Å². The first kappa shape index (κ1) is 16.7. The Morgan fingerprint density at radius 3 is 2.83 bits per heavy atom. The number of aromatic nitrogens is 1. The van der Waals surface area contributed by atoms with Crippen molar-refractivity contribution in [2.75, 3.05) is 0 Å². The van der Waals surface area contributed by atoms with Crippen LogP contribution >= 0.6 is 23.1 Å². The fraction of sp³-hybridized carbons (Fsp3) is 0.125. The number of fused-ring (bicyclic) bond motifs is 1. The predicted octanol–water partition coefficient (Wildman–Crippen LogP) is 3.72. The first-order valence-electron chi connectivity index (χ1n) is 6.86. The van der Waals surface area contributed by atoms with E-state index < -0.39 is 17.6 Å². The maximum Gasteiger partial charge on any atom is 0.323 e. The second-order valence-electron chi connectivity index (χ2n) is 4.97. The molecule has 2 heterocycles. The van der Waals surface area contributed by atoms with Gasteiger partial charge >= 0.3 is 5.97 Å². The van der Waals surface area contributed by atoms with Crippen molar-refractivity contribution >= 4 is 39.3 Å². The lowest BCUT2D eigenvalue weighted by Gasteiger charge is -2.13. The van der Waals surface area contributed by atoms with Crippen LogP contribution in [0.5, 0.6) is 0 Å². The molecule has 1 aromatic carbocycles. The minimum Gasteiger partial charge on any atom is -0.480 e. The maximum absolute atomic E-state index is 13.7. The van der Waals surface area contributed by atoms with E-state index in [1.807, 2.05) is 0 Å². The Kier molecular flexibility index (Phi) is 4.68. The summed E-state index contributed by atoms with van der Waals surface area (Å²) in [6.45, 7) is -0.314. The predicted molar refractivity (Wildman–Crippen MR) is 89.6 cm³/mol. The summed E-state index contributed by atoms with van der Waals surface area (Å²) in [7, 11) is 0. The van der Waals surface area contributed by atoms with Gasteiger partial charge in [0.05, 0.1) is 10.4 Å². The van der Waals surface area contributed by atoms with E-state index in [2.05, 4.69) is 0 Å². The second-order valence-corrected chi connectivity index (χ2v) is 6.86. The lowest BCUT2D eigenvalue weighted by molar-refractivity contribution is -0.137. The van der Waals surface area contributed by atoms with E-state index in [4.69, 9.17) is 5.11 Å². The molecule has 0 atom stereocenters. The second kappa shape index (κ2) is 6.74. The number of pyridine rings is 1. The summed E-state index contributed by atoms with van der Waals surface area (Å²) in [5, 5.41) is 11.7. The molecule has 0 aliphatic rings. The van der Waals surface area contributed by atoms with Crippen LogP contribution in [0.2, 0.25) is 0 Å². The highest BCUT2D eigenvalue weighted by Gasteiger charge is 2.15. The van der Waals surface area contributed by atoms with E-state index in [1.54, 1.807) is 11.4 Å². The van der Waals surface area contributed by atoms with Gasteiger partial charge in [0.2, 0.25) is 0 Å². The molecule has 2 aromatic heterocycles. The highest BCUT2D eigenvalue weighted by atomic mass is 32.2. The van der Waals surface area contributed by atoms with Gasteiger partial charge in [-0.15, -0.1) is 23.1 Å². The monoisotopic (exact) mass is 367 g/mol. The number of carboxylic acid groups (broad SMARTS) is 1. The third-order valence-electron chi connectivity index (χ3n) is 3.38. The highest BCUT2D eigenvalue weighted by Crippen LogP contribution is 2.28. The van der Waals surface area contributed by atoms with Crippen LogP contribution in [0.4, 0.5) is 8.78 Å². The Labute approximate surface area is 143 Å². The number of carboxylic acids is 1. The number of hydrogen-bond acceptors (Lipinski definition) is 4. The Hall–Kier alpha value is -2.19. The van der Waals surface area contributed by atoms with Crippen LogP contribution in [0.3, 0.4) is 0 Å². The van der Waals surface area contributed by atoms with Crippen LogP contribution in [0.15, 0.2) is 45.5 Å². The Balaban J connectivity index is 2.00. The number of thioether (sulfide) groups is 1. The first-order valence-corrected chi connectivity index (χ1v) is 8.72. The smallest absolute Gasteiger partial charge is 0.323 e. The van der Waals surface area contributed by atoms with Gasteiger partial charge in [-0.2, -0.15) is 0 Å². The van der Waals surface area contributed by atoms with E-state index in [0.29, 0.717) is 15.2 Å². The number of aliphatic carboxylic acids is 1. The van der Waals surface area contributed by atoms with Gasteiger partial charge in [-0.25, -0.2) is 8.78 Å². The molecule has 3 aromatic rings. The molecule has 0 amide bonds. The summed E-state index contributed by atoms with van der Waals surface area (Å²) in [4.78, 5) is 23.8. The van der Waals surface area contributed by atoms with Gasteiger partial charge in [-0.1, -0.05) is 12.1 Å². The van der Waals surface area contributed by atoms with E-state index in [0.717, 1.165) is 17.8 Å². The number of thiophene rings is 1. The fourth-order valence-electron chi connectivity index (χ4n) is 2.28. The first-order chi connectivity index (χ1) is 11.5. The van der Waals surface area contributed by atoms with Gasteiger partial charge in [-0.05, 0) is 17.5 Å². The number of halogens is 2. The van der Waals surface area contributed by atoms with Crippen LogP contribution < -0.4 is 5.43 Å². The highest BCUT2D eigenvalue weighted by molar-refractivity contribution is 7.98. The Morgan fingerprint density at radius 2 is 2.08 bits per heavy atom. The van der Waals surface area contributed by atoms with Crippen LogP contribution in [0.25, 0.3) is 10.2 Å². The standard InChI is InChI=1S/C16H11F2NO3S2/c17-11-3-1-2-9(15(11)18)8-24-13-6-12(20)10-4-5-23-16(10)19(13)7-14(21)22/h1-6H,7-8H2,(H,21,22). The van der Waals surface area contributed by atoms with Gasteiger partial charge in [0.1, 0.15) is 11.4 Å². The van der Waals surface area contributed by atoms with Crippen molar-refractivity contribution in [2.45, 2.75) is 17.3 Å². The normalized spacial score (nSPS) is 11.1. The summed E-state index contributed by atoms with van der Waals surface area (Å²) in [6.07, 6.45) is 0. The summed E-state index contributed by atoms with van der Waals surface area (Å²) >= 11 is 2.36. The van der Waals surface area contributed by atoms with Crippen LogP contribution in [0, 0.1) is 11.6 Å². The number of benzene rings is 1. The Morgan fingerprint density at radius 1 is 1.29 bits per heavy atom. The van der Waals surface area contributed by atoms with E-state index in [-0.39, 0.29) is 23.3 Å². The Bertz CT molecular complexity index is 981. The third-order valence-corrected chi connectivity index (χ3v) is 5.40. The maximum atomic E-state index is 13.7. The van der Waals surface area contributed by atoms with Gasteiger partial charge in [-0.3, -0.25) is 9.59 Å². The minimum absolute atomic E-state index is 0.0829. The molecule has 0 radical (unpaired) electrons. The topological polar surface area (TPSA) is 59.3 Å². The summed E-state index contributed by atoms with van der Waals surface area (Å²) in [5.74, 6) is -2.84. The number of nitrogens with zero attached hydrogens (tertiary/aromatic N) is 1. The number of hydrogen-bond donors (Lipinski definition) is 1. The van der Waals surface area contributed by atoms with Crippen molar-refractivity contribution < 1.29 is 18.7 Å². The molecule has 0 fully saturated rings. The van der Waals surface area contributed by atoms with E-state index in [1.165, 1.54) is 34.1 Å². The molecule has 0 aliphatic carbocycles. The van der Waals surface area contributed by atoms with Crippen LogP contribution in [0.1, 0.15) is 5.56 Å². The molecular formula is C16H11F2NO3S2. The van der Waals surface area contributed by atoms with Crippen LogP contribution in [-0.2, 0) is 17.1 Å². The third kappa shape index (κ3) is 3.20. The van der Waals surface area contributed by atoms with Gasteiger partial charge < -0.3 is 9.67 Å². The van der Waals surface area contributed by atoms with Gasteiger partial charge in [0.25, 0.3) is 0 Å². The van der Waals surface area contributed by atoms with Crippen molar-refractivity contribution in [1.29, 1.82) is 0 Å². The summed E-state index contributed by atoms with van der Waals surface area (Å²) in [6, 6.07) is 6.86. The average molecular weight is 367 g/mol. The summed E-state index contributed by atoms with van der Waals surface area (Å²) in [5.41, 5.74) is -0.0734. The molecule has 3 rings (SSSR count). The molecule has 0 spiro atoms. The number of rotatable bonds is 5. The lowest BCUT2D eigenvalue weighted by atomic mass is 10.2. The molecule has 0 aliphatic heterocycles. The van der Waals surface area contributed by atoms with Crippen molar-refractivity contribution in [1.82, 2.24) is 4.57 Å².